The molecule has 1 aliphatic rings. The molecule has 4 heterocycles. The van der Waals surface area contributed by atoms with Gasteiger partial charge < -0.3 is 20.1 Å². The van der Waals surface area contributed by atoms with Crippen molar-refractivity contribution in [1.29, 1.82) is 0 Å². The molecule has 8 heteroatoms. The second kappa shape index (κ2) is 7.23. The van der Waals surface area contributed by atoms with Crippen molar-refractivity contribution in [3.8, 4) is 17.0 Å². The van der Waals surface area contributed by atoms with Gasteiger partial charge in [0.25, 0.3) is 5.91 Å². The highest BCUT2D eigenvalue weighted by molar-refractivity contribution is 5.95. The topological polar surface area (TPSA) is 100 Å². The number of amides is 1. The molecule has 0 radical (unpaired) electrons. The van der Waals surface area contributed by atoms with Crippen molar-refractivity contribution >= 4 is 16.9 Å². The maximum atomic E-state index is 14.3. The SMILES string of the molecule is O=C(N[C@@H]1c2c(F)cccc2OC[C@@H]1O)c1ccc(-c2ccnc3[nH]ccc23)nc1. The molecule has 0 aliphatic carbocycles. The van der Waals surface area contributed by atoms with Gasteiger partial charge in [0.1, 0.15) is 29.9 Å². The van der Waals surface area contributed by atoms with Crippen molar-refractivity contribution in [2.45, 2.75) is 12.1 Å². The lowest BCUT2D eigenvalue weighted by atomic mass is 9.97. The molecule has 7 nitrogen and oxygen atoms in total. The first-order valence-electron chi connectivity index (χ1n) is 9.40. The Morgan fingerprint density at radius 2 is 2.10 bits per heavy atom. The molecular formula is C22H17FN4O3. The van der Waals surface area contributed by atoms with Crippen LogP contribution in [0, 0.1) is 5.82 Å². The van der Waals surface area contributed by atoms with Crippen LogP contribution in [0.4, 0.5) is 4.39 Å². The molecule has 3 N–H and O–H groups in total. The van der Waals surface area contributed by atoms with Crippen molar-refractivity contribution < 1.29 is 19.0 Å². The number of H-pyrrole nitrogens is 1. The summed E-state index contributed by atoms with van der Waals surface area (Å²) in [6, 6.07) is 10.6. The Morgan fingerprint density at radius 3 is 2.93 bits per heavy atom. The van der Waals surface area contributed by atoms with Crippen LogP contribution >= 0.6 is 0 Å². The van der Waals surface area contributed by atoms with Crippen LogP contribution < -0.4 is 10.1 Å². The number of carbonyl (C=O) groups excluding carboxylic acids is 1. The second-order valence-corrected chi connectivity index (χ2v) is 7.01. The van der Waals surface area contributed by atoms with E-state index < -0.39 is 23.9 Å². The average Bonchev–Trinajstić information content (AvgIpc) is 3.25. The molecule has 2 atom stereocenters. The van der Waals surface area contributed by atoms with Crippen molar-refractivity contribution in [2.75, 3.05) is 6.61 Å². The third-order valence-corrected chi connectivity index (χ3v) is 5.17. The fourth-order valence-corrected chi connectivity index (χ4v) is 3.67. The molecule has 0 bridgehead atoms. The minimum absolute atomic E-state index is 0.0344. The number of carbonyl (C=O) groups is 1. The monoisotopic (exact) mass is 404 g/mol. The number of ether oxygens (including phenoxy) is 1. The zero-order valence-electron chi connectivity index (χ0n) is 15.7. The predicted molar refractivity (Wildman–Crippen MR) is 107 cm³/mol. The van der Waals surface area contributed by atoms with Crippen LogP contribution in [0.2, 0.25) is 0 Å². The van der Waals surface area contributed by atoms with E-state index >= 15 is 0 Å². The highest BCUT2D eigenvalue weighted by Crippen LogP contribution is 2.34. The minimum Gasteiger partial charge on any atom is -0.490 e. The van der Waals surface area contributed by atoms with Gasteiger partial charge in [-0.25, -0.2) is 9.37 Å². The summed E-state index contributed by atoms with van der Waals surface area (Å²) in [6.07, 6.45) is 3.88. The third kappa shape index (κ3) is 3.07. The first-order valence-corrected chi connectivity index (χ1v) is 9.40. The molecule has 1 aromatic carbocycles. The lowest BCUT2D eigenvalue weighted by molar-refractivity contribution is 0.0485. The third-order valence-electron chi connectivity index (χ3n) is 5.17. The maximum Gasteiger partial charge on any atom is 0.253 e. The predicted octanol–water partition coefficient (Wildman–Crippen LogP) is 2.99. The Hall–Kier alpha value is -3.78. The standard InChI is InChI=1S/C22H17FN4O3/c23-15-2-1-3-18-19(15)20(17(28)11-30-18)27-22(29)12-4-5-16(26-10-12)13-6-8-24-21-14(13)7-9-25-21/h1-10,17,20,28H,11H2,(H,24,25)(H,27,29)/t17-,20-/m0/s1. The van der Waals surface area contributed by atoms with Gasteiger partial charge in [0.05, 0.1) is 22.9 Å². The molecule has 150 valence electrons. The number of pyridine rings is 2. The second-order valence-electron chi connectivity index (χ2n) is 7.01. The van der Waals surface area contributed by atoms with E-state index in [9.17, 15) is 14.3 Å². The van der Waals surface area contributed by atoms with Crippen LogP contribution in [0.3, 0.4) is 0 Å². The molecule has 1 aliphatic heterocycles. The molecule has 0 saturated heterocycles. The molecule has 0 spiro atoms. The number of rotatable bonds is 3. The summed E-state index contributed by atoms with van der Waals surface area (Å²) in [6.45, 7) is -0.0344. The number of hydrogen-bond donors (Lipinski definition) is 3. The Balaban J connectivity index is 1.41. The summed E-state index contributed by atoms with van der Waals surface area (Å²) in [5, 5.41) is 13.9. The van der Waals surface area contributed by atoms with Crippen LogP contribution in [0.15, 0.2) is 61.1 Å². The fourth-order valence-electron chi connectivity index (χ4n) is 3.67. The number of halogens is 1. The highest BCUT2D eigenvalue weighted by atomic mass is 19.1. The highest BCUT2D eigenvalue weighted by Gasteiger charge is 2.33. The number of benzene rings is 1. The lowest BCUT2D eigenvalue weighted by Crippen LogP contribution is -2.42. The molecule has 0 fully saturated rings. The summed E-state index contributed by atoms with van der Waals surface area (Å²) < 4.78 is 19.7. The number of aromatic amines is 1. The molecule has 3 aromatic heterocycles. The van der Waals surface area contributed by atoms with Gasteiger partial charge in [-0.3, -0.25) is 9.78 Å². The Labute approximate surface area is 170 Å². The van der Waals surface area contributed by atoms with Gasteiger partial charge in [-0.2, -0.15) is 0 Å². The summed E-state index contributed by atoms with van der Waals surface area (Å²) in [4.78, 5) is 24.5. The smallest absolute Gasteiger partial charge is 0.253 e. The number of nitrogens with zero attached hydrogens (tertiary/aromatic N) is 2. The summed E-state index contributed by atoms with van der Waals surface area (Å²) in [5.41, 5.74) is 2.78. The quantitative estimate of drug-likeness (QED) is 0.487. The van der Waals surface area contributed by atoms with E-state index in [0.29, 0.717) is 17.0 Å². The van der Waals surface area contributed by atoms with Gasteiger partial charge in [-0.05, 0) is 36.4 Å². The molecule has 30 heavy (non-hydrogen) atoms. The van der Waals surface area contributed by atoms with Crippen LogP contribution in [-0.4, -0.2) is 38.7 Å². The molecule has 1 amide bonds. The van der Waals surface area contributed by atoms with Gasteiger partial charge >= 0.3 is 0 Å². The number of aliphatic hydroxyl groups excluding tert-OH is 1. The minimum atomic E-state index is -1.07. The first-order chi connectivity index (χ1) is 14.6. The van der Waals surface area contributed by atoms with Gasteiger partial charge in [0.2, 0.25) is 0 Å². The number of nitrogens with one attached hydrogen (secondary N) is 2. The van der Waals surface area contributed by atoms with Gasteiger partial charge in [-0.15, -0.1) is 0 Å². The summed E-state index contributed by atoms with van der Waals surface area (Å²) in [7, 11) is 0. The number of aliphatic hydroxyl groups is 1. The van der Waals surface area contributed by atoms with Crippen molar-refractivity contribution in [1.82, 2.24) is 20.3 Å². The number of aromatic nitrogens is 3. The molecule has 5 rings (SSSR count). The number of hydrogen-bond acceptors (Lipinski definition) is 5. The van der Waals surface area contributed by atoms with Crippen LogP contribution in [0.5, 0.6) is 5.75 Å². The van der Waals surface area contributed by atoms with E-state index in [2.05, 4.69) is 20.3 Å². The van der Waals surface area contributed by atoms with E-state index in [4.69, 9.17) is 4.74 Å². The van der Waals surface area contributed by atoms with Gasteiger partial charge in [0.15, 0.2) is 0 Å². The zero-order chi connectivity index (χ0) is 20.7. The molecular weight excluding hydrogens is 387 g/mol. The largest absolute Gasteiger partial charge is 0.490 e. The van der Waals surface area contributed by atoms with E-state index in [-0.39, 0.29) is 12.2 Å². The summed E-state index contributed by atoms with van der Waals surface area (Å²) in [5.74, 6) is -0.693. The average molecular weight is 404 g/mol. The molecule has 0 saturated carbocycles. The van der Waals surface area contributed by atoms with Gasteiger partial charge in [-0.1, -0.05) is 6.07 Å². The van der Waals surface area contributed by atoms with Crippen LogP contribution in [-0.2, 0) is 0 Å². The van der Waals surface area contributed by atoms with Crippen molar-refractivity contribution in [3.63, 3.8) is 0 Å². The van der Waals surface area contributed by atoms with E-state index in [1.54, 1.807) is 30.6 Å². The van der Waals surface area contributed by atoms with E-state index in [0.717, 1.165) is 16.6 Å². The lowest BCUT2D eigenvalue weighted by Gasteiger charge is -2.31. The van der Waals surface area contributed by atoms with Crippen molar-refractivity contribution in [2.24, 2.45) is 0 Å². The summed E-state index contributed by atoms with van der Waals surface area (Å²) >= 11 is 0. The van der Waals surface area contributed by atoms with E-state index in [1.165, 1.54) is 18.3 Å². The maximum absolute atomic E-state index is 14.3. The van der Waals surface area contributed by atoms with Crippen LogP contribution in [0.25, 0.3) is 22.3 Å². The molecule has 0 unspecified atom stereocenters. The van der Waals surface area contributed by atoms with Gasteiger partial charge in [0, 0.05) is 29.5 Å². The normalized spacial score (nSPS) is 17.9. The Kier molecular flexibility index (Phi) is 4.40. The Bertz CT molecular complexity index is 1240. The fraction of sp³-hybridized carbons (Fsp3) is 0.136. The molecule has 4 aromatic rings. The van der Waals surface area contributed by atoms with Crippen LogP contribution in [0.1, 0.15) is 22.0 Å². The first kappa shape index (κ1) is 18.3. The zero-order valence-corrected chi connectivity index (χ0v) is 15.7. The van der Waals surface area contributed by atoms with Crippen molar-refractivity contribution in [3.05, 3.63) is 78.0 Å². The number of fused-ring (bicyclic) bond motifs is 2. The van der Waals surface area contributed by atoms with E-state index in [1.807, 2.05) is 12.1 Å². The Morgan fingerprint density at radius 1 is 1.20 bits per heavy atom.